The molecule has 1 aliphatic carbocycles. The standard InChI is InChI=1S/C23H20F6N4O3/c1-32(6-7-34)17-5-4-13-19(35)14(22(36)31-20(11-2-3-11)23(27,28)29)10-33(21(13)30-17)18-15(25)8-12(24)9-16(18)26/h4-5,8-11,20,34H,2-3,6-7H2,1H3,(H,31,36). The van der Waals surface area contributed by atoms with Crippen LogP contribution in [0.25, 0.3) is 16.7 Å². The molecule has 7 nitrogen and oxygen atoms in total. The van der Waals surface area contributed by atoms with Gasteiger partial charge in [0.2, 0.25) is 5.43 Å². The Kier molecular flexibility index (Phi) is 6.69. The van der Waals surface area contributed by atoms with E-state index in [2.05, 4.69) is 4.98 Å². The van der Waals surface area contributed by atoms with E-state index in [1.807, 2.05) is 5.32 Å². The highest BCUT2D eigenvalue weighted by Gasteiger charge is 2.49. The summed E-state index contributed by atoms with van der Waals surface area (Å²) in [5.41, 5.74) is -3.04. The number of aliphatic hydroxyl groups is 1. The lowest BCUT2D eigenvalue weighted by Gasteiger charge is -2.22. The zero-order chi connectivity index (χ0) is 26.4. The SMILES string of the molecule is CN(CCO)c1ccc2c(=O)c(C(=O)NC(C3CC3)C(F)(F)F)cn(-c3c(F)cc(F)cc3F)c2n1. The number of alkyl halides is 3. The number of aromatic nitrogens is 2. The molecular weight excluding hydrogens is 494 g/mol. The largest absolute Gasteiger partial charge is 0.408 e. The minimum atomic E-state index is -4.77. The number of rotatable bonds is 7. The van der Waals surface area contributed by atoms with E-state index < -0.39 is 58.2 Å². The van der Waals surface area contributed by atoms with Gasteiger partial charge in [-0.25, -0.2) is 18.2 Å². The van der Waals surface area contributed by atoms with Crippen molar-refractivity contribution in [1.29, 1.82) is 0 Å². The smallest absolute Gasteiger partial charge is 0.395 e. The zero-order valence-corrected chi connectivity index (χ0v) is 18.7. The molecule has 192 valence electrons. The number of fused-ring (bicyclic) bond motifs is 1. The van der Waals surface area contributed by atoms with Gasteiger partial charge in [0.15, 0.2) is 17.3 Å². The summed E-state index contributed by atoms with van der Waals surface area (Å²) in [6.07, 6.45) is -3.60. The van der Waals surface area contributed by atoms with Crippen molar-refractivity contribution in [3.8, 4) is 5.69 Å². The fourth-order valence-electron chi connectivity index (χ4n) is 3.88. The van der Waals surface area contributed by atoms with E-state index in [1.165, 1.54) is 17.0 Å². The van der Waals surface area contributed by atoms with Crippen molar-refractivity contribution in [3.63, 3.8) is 0 Å². The number of anilines is 1. The van der Waals surface area contributed by atoms with Gasteiger partial charge in [-0.1, -0.05) is 0 Å². The Morgan fingerprint density at radius 3 is 2.42 bits per heavy atom. The van der Waals surface area contributed by atoms with Crippen LogP contribution in [0.4, 0.5) is 32.2 Å². The summed E-state index contributed by atoms with van der Waals surface area (Å²) < 4.78 is 84.0. The summed E-state index contributed by atoms with van der Waals surface area (Å²) in [4.78, 5) is 31.6. The lowest BCUT2D eigenvalue weighted by atomic mass is 10.1. The summed E-state index contributed by atoms with van der Waals surface area (Å²) in [6, 6.07) is 1.09. The molecule has 3 aromatic rings. The van der Waals surface area contributed by atoms with Crippen LogP contribution in [-0.4, -0.2) is 53.0 Å². The molecule has 0 saturated heterocycles. The Morgan fingerprint density at radius 1 is 1.22 bits per heavy atom. The Bertz CT molecular complexity index is 1360. The normalized spacial score (nSPS) is 14.7. The number of aliphatic hydroxyl groups excluding tert-OH is 1. The number of likely N-dealkylation sites (N-methyl/N-ethyl adjacent to an activating group) is 1. The van der Waals surface area contributed by atoms with Gasteiger partial charge >= 0.3 is 6.18 Å². The number of amides is 1. The first-order valence-electron chi connectivity index (χ1n) is 10.8. The number of carbonyl (C=O) groups excluding carboxylic acids is 1. The molecule has 1 fully saturated rings. The Morgan fingerprint density at radius 2 is 1.86 bits per heavy atom. The van der Waals surface area contributed by atoms with E-state index in [0.717, 1.165) is 0 Å². The number of nitrogens with zero attached hydrogens (tertiary/aromatic N) is 3. The van der Waals surface area contributed by atoms with Gasteiger partial charge in [0.1, 0.15) is 28.9 Å². The Balaban J connectivity index is 1.93. The van der Waals surface area contributed by atoms with Gasteiger partial charge in [0.05, 0.1) is 12.0 Å². The lowest BCUT2D eigenvalue weighted by Crippen LogP contribution is -2.48. The molecule has 2 aromatic heterocycles. The summed E-state index contributed by atoms with van der Waals surface area (Å²) in [7, 11) is 1.54. The van der Waals surface area contributed by atoms with E-state index in [9.17, 15) is 41.0 Å². The summed E-state index contributed by atoms with van der Waals surface area (Å²) in [5, 5.41) is 10.7. The minimum Gasteiger partial charge on any atom is -0.395 e. The van der Waals surface area contributed by atoms with E-state index in [1.54, 1.807) is 7.05 Å². The topological polar surface area (TPSA) is 87.5 Å². The molecule has 2 heterocycles. The van der Waals surface area contributed by atoms with Gasteiger partial charge in [0.25, 0.3) is 5.91 Å². The van der Waals surface area contributed by atoms with Crippen LogP contribution in [0.2, 0.25) is 0 Å². The number of pyridine rings is 2. The average Bonchev–Trinajstić information content (AvgIpc) is 3.62. The third kappa shape index (κ3) is 4.87. The van der Waals surface area contributed by atoms with Crippen molar-refractivity contribution in [2.75, 3.05) is 25.1 Å². The molecule has 1 saturated carbocycles. The minimum absolute atomic E-state index is 0.114. The molecule has 4 rings (SSSR count). The second-order valence-electron chi connectivity index (χ2n) is 8.48. The van der Waals surface area contributed by atoms with Crippen LogP contribution in [-0.2, 0) is 0 Å². The van der Waals surface area contributed by atoms with E-state index in [4.69, 9.17) is 0 Å². The lowest BCUT2D eigenvalue weighted by molar-refractivity contribution is -0.158. The molecule has 1 aromatic carbocycles. The number of hydrogen-bond donors (Lipinski definition) is 2. The molecule has 0 bridgehead atoms. The zero-order valence-electron chi connectivity index (χ0n) is 18.7. The molecule has 0 radical (unpaired) electrons. The third-order valence-corrected chi connectivity index (χ3v) is 5.86. The summed E-state index contributed by atoms with van der Waals surface area (Å²) >= 11 is 0. The van der Waals surface area contributed by atoms with Gasteiger partial charge in [-0.05, 0) is 30.9 Å². The first-order chi connectivity index (χ1) is 16.9. The number of benzene rings is 1. The van der Waals surface area contributed by atoms with Crippen molar-refractivity contribution in [3.05, 3.63) is 63.7 Å². The first kappa shape index (κ1) is 25.5. The number of hydrogen-bond acceptors (Lipinski definition) is 5. The summed E-state index contributed by atoms with van der Waals surface area (Å²) in [5.74, 6) is -6.07. The number of halogens is 6. The maximum atomic E-state index is 14.7. The first-order valence-corrected chi connectivity index (χ1v) is 10.8. The number of nitrogens with one attached hydrogen (secondary N) is 1. The summed E-state index contributed by atoms with van der Waals surface area (Å²) in [6.45, 7) is -0.146. The van der Waals surface area contributed by atoms with Gasteiger partial charge in [0, 0.05) is 31.9 Å². The second kappa shape index (κ2) is 9.45. The predicted octanol–water partition coefficient (Wildman–Crippen LogP) is 3.30. The molecule has 0 aliphatic heterocycles. The van der Waals surface area contributed by atoms with E-state index in [-0.39, 0.29) is 42.8 Å². The molecular formula is C23H20F6N4O3. The van der Waals surface area contributed by atoms with Gasteiger partial charge in [-0.15, -0.1) is 0 Å². The van der Waals surface area contributed by atoms with Crippen LogP contribution in [0.15, 0.2) is 35.3 Å². The van der Waals surface area contributed by atoms with Gasteiger partial charge in [-0.2, -0.15) is 13.2 Å². The fraction of sp³-hybridized carbons (Fsp3) is 0.348. The Labute approximate surface area is 200 Å². The molecule has 36 heavy (non-hydrogen) atoms. The number of carbonyl (C=O) groups is 1. The highest BCUT2D eigenvalue weighted by Crippen LogP contribution is 2.40. The van der Waals surface area contributed by atoms with Crippen molar-refractivity contribution in [1.82, 2.24) is 14.9 Å². The van der Waals surface area contributed by atoms with Gasteiger partial charge in [-0.3, -0.25) is 14.2 Å². The molecule has 2 N–H and O–H groups in total. The highest BCUT2D eigenvalue weighted by atomic mass is 19.4. The maximum absolute atomic E-state index is 14.7. The van der Waals surface area contributed by atoms with Crippen LogP contribution >= 0.6 is 0 Å². The third-order valence-electron chi connectivity index (χ3n) is 5.86. The van der Waals surface area contributed by atoms with Crippen molar-refractivity contribution in [2.45, 2.75) is 25.1 Å². The predicted molar refractivity (Wildman–Crippen MR) is 118 cm³/mol. The Hall–Kier alpha value is -3.61. The second-order valence-corrected chi connectivity index (χ2v) is 8.48. The van der Waals surface area contributed by atoms with Crippen molar-refractivity contribution < 1.29 is 36.2 Å². The van der Waals surface area contributed by atoms with Gasteiger partial charge < -0.3 is 15.3 Å². The molecule has 1 amide bonds. The van der Waals surface area contributed by atoms with Crippen LogP contribution in [0.1, 0.15) is 23.2 Å². The van der Waals surface area contributed by atoms with Crippen molar-refractivity contribution in [2.24, 2.45) is 5.92 Å². The highest BCUT2D eigenvalue weighted by molar-refractivity contribution is 5.97. The van der Waals surface area contributed by atoms with E-state index >= 15 is 0 Å². The maximum Gasteiger partial charge on any atom is 0.408 e. The monoisotopic (exact) mass is 514 g/mol. The molecule has 1 atom stereocenters. The molecule has 1 unspecified atom stereocenters. The van der Waals surface area contributed by atoms with Crippen LogP contribution in [0, 0.1) is 23.4 Å². The fourth-order valence-corrected chi connectivity index (χ4v) is 3.88. The molecule has 0 spiro atoms. The molecule has 13 heteroatoms. The van der Waals surface area contributed by atoms with Crippen molar-refractivity contribution >= 4 is 22.8 Å². The average molecular weight is 514 g/mol. The van der Waals surface area contributed by atoms with Crippen LogP contribution < -0.4 is 15.6 Å². The molecule has 1 aliphatic rings. The van der Waals surface area contributed by atoms with Crippen LogP contribution in [0.3, 0.4) is 0 Å². The van der Waals surface area contributed by atoms with Crippen LogP contribution in [0.5, 0.6) is 0 Å². The van der Waals surface area contributed by atoms with E-state index in [0.29, 0.717) is 22.9 Å². The quantitative estimate of drug-likeness (QED) is 0.473.